The lowest BCUT2D eigenvalue weighted by Crippen LogP contribution is -2.55. The predicted octanol–water partition coefficient (Wildman–Crippen LogP) is 1.91. The molecule has 1 unspecified atom stereocenters. The number of nitrogens with one attached hydrogen (secondary N) is 1. The Kier molecular flexibility index (Phi) is 4.57. The van der Waals surface area contributed by atoms with Crippen LogP contribution < -0.4 is 5.32 Å². The third-order valence-corrected chi connectivity index (χ3v) is 5.11. The number of benzene rings is 1. The van der Waals surface area contributed by atoms with Crippen LogP contribution >= 0.6 is 0 Å². The maximum Gasteiger partial charge on any atom is 0.126 e. The molecule has 1 heterocycles. The fourth-order valence-corrected chi connectivity index (χ4v) is 3.47. The van der Waals surface area contributed by atoms with Gasteiger partial charge >= 0.3 is 0 Å². The maximum atomic E-state index is 13.7. The normalized spacial score (nSPS) is 31.1. The zero-order valence-corrected chi connectivity index (χ0v) is 13.1. The first kappa shape index (κ1) is 14.9. The first-order valence-electron chi connectivity index (χ1n) is 8.00. The number of hydrogen-bond acceptors (Lipinski definition) is 3. The number of nitrogens with zero attached hydrogens (tertiary/aromatic N) is 2. The molecule has 0 spiro atoms. The van der Waals surface area contributed by atoms with Crippen molar-refractivity contribution in [3.8, 4) is 0 Å². The van der Waals surface area contributed by atoms with E-state index < -0.39 is 0 Å². The standard InChI is InChI=1S/C17H26FN3/c1-20-7-8-21(2)15(12-20)11-19-14-9-13(10-14)16-5-3-4-6-17(16)18/h3-6,13-15,19H,7-12H2,1-2H3. The topological polar surface area (TPSA) is 18.5 Å². The van der Waals surface area contributed by atoms with Crippen LogP contribution in [0.1, 0.15) is 24.3 Å². The molecule has 4 heteroatoms. The van der Waals surface area contributed by atoms with E-state index in [1.54, 1.807) is 12.1 Å². The van der Waals surface area contributed by atoms with E-state index >= 15 is 0 Å². The highest BCUT2D eigenvalue weighted by Gasteiger charge is 2.32. The van der Waals surface area contributed by atoms with Crippen LogP contribution in [-0.2, 0) is 0 Å². The van der Waals surface area contributed by atoms with Crippen molar-refractivity contribution in [2.24, 2.45) is 0 Å². The quantitative estimate of drug-likeness (QED) is 0.914. The number of piperazine rings is 1. The third kappa shape index (κ3) is 3.44. The lowest BCUT2D eigenvalue weighted by molar-refractivity contribution is 0.107. The zero-order valence-electron chi connectivity index (χ0n) is 13.1. The molecule has 3 rings (SSSR count). The molecule has 116 valence electrons. The summed E-state index contributed by atoms with van der Waals surface area (Å²) in [6.45, 7) is 4.47. The van der Waals surface area contributed by atoms with Crippen molar-refractivity contribution in [1.82, 2.24) is 15.1 Å². The minimum Gasteiger partial charge on any atom is -0.312 e. The van der Waals surface area contributed by atoms with Gasteiger partial charge in [0.15, 0.2) is 0 Å². The number of likely N-dealkylation sites (N-methyl/N-ethyl adjacent to an activating group) is 2. The summed E-state index contributed by atoms with van der Waals surface area (Å²) in [5, 5.41) is 3.67. The maximum absolute atomic E-state index is 13.7. The molecule has 3 nitrogen and oxygen atoms in total. The van der Waals surface area contributed by atoms with E-state index in [0.29, 0.717) is 18.0 Å². The van der Waals surface area contributed by atoms with Gasteiger partial charge in [-0.2, -0.15) is 0 Å². The average molecular weight is 291 g/mol. The van der Waals surface area contributed by atoms with Crippen molar-refractivity contribution in [3.63, 3.8) is 0 Å². The van der Waals surface area contributed by atoms with Gasteiger partial charge in [0.1, 0.15) is 5.82 Å². The van der Waals surface area contributed by atoms with Gasteiger partial charge in [-0.1, -0.05) is 18.2 Å². The van der Waals surface area contributed by atoms with Gasteiger partial charge in [0.05, 0.1) is 0 Å². The van der Waals surface area contributed by atoms with Gasteiger partial charge in [0.25, 0.3) is 0 Å². The molecule has 1 saturated heterocycles. The van der Waals surface area contributed by atoms with Gasteiger partial charge in [-0.3, -0.25) is 4.90 Å². The Hall–Kier alpha value is -0.970. The van der Waals surface area contributed by atoms with Crippen molar-refractivity contribution < 1.29 is 4.39 Å². The van der Waals surface area contributed by atoms with Crippen molar-refractivity contribution >= 4 is 0 Å². The van der Waals surface area contributed by atoms with Gasteiger partial charge in [-0.05, 0) is 44.5 Å². The second-order valence-corrected chi connectivity index (χ2v) is 6.69. The molecular formula is C17H26FN3. The summed E-state index contributed by atoms with van der Waals surface area (Å²) in [6.07, 6.45) is 2.13. The van der Waals surface area contributed by atoms with Gasteiger partial charge in [0.2, 0.25) is 0 Å². The van der Waals surface area contributed by atoms with Crippen LogP contribution in [-0.4, -0.2) is 62.2 Å². The van der Waals surface area contributed by atoms with Crippen molar-refractivity contribution in [2.45, 2.75) is 30.8 Å². The molecule has 1 saturated carbocycles. The Morgan fingerprint density at radius 1 is 1.19 bits per heavy atom. The molecule has 0 amide bonds. The van der Waals surface area contributed by atoms with Gasteiger partial charge in [-0.15, -0.1) is 0 Å². The van der Waals surface area contributed by atoms with Crippen LogP contribution in [0, 0.1) is 5.82 Å². The Balaban J connectivity index is 1.44. The third-order valence-electron chi connectivity index (χ3n) is 5.11. The second kappa shape index (κ2) is 6.42. The van der Waals surface area contributed by atoms with E-state index in [0.717, 1.165) is 44.6 Å². The van der Waals surface area contributed by atoms with Crippen LogP contribution in [0.3, 0.4) is 0 Å². The van der Waals surface area contributed by atoms with E-state index in [9.17, 15) is 4.39 Å². The first-order chi connectivity index (χ1) is 10.1. The van der Waals surface area contributed by atoms with Gasteiger partial charge in [-0.25, -0.2) is 4.39 Å². The zero-order chi connectivity index (χ0) is 14.8. The van der Waals surface area contributed by atoms with E-state index in [4.69, 9.17) is 0 Å². The fourth-order valence-electron chi connectivity index (χ4n) is 3.47. The van der Waals surface area contributed by atoms with Crippen molar-refractivity contribution in [1.29, 1.82) is 0 Å². The summed E-state index contributed by atoms with van der Waals surface area (Å²) in [7, 11) is 4.40. The lowest BCUT2D eigenvalue weighted by atomic mass is 9.75. The summed E-state index contributed by atoms with van der Waals surface area (Å²) >= 11 is 0. The highest BCUT2D eigenvalue weighted by molar-refractivity contribution is 5.24. The molecule has 21 heavy (non-hydrogen) atoms. The van der Waals surface area contributed by atoms with Crippen molar-refractivity contribution in [3.05, 3.63) is 35.6 Å². The average Bonchev–Trinajstić information content (AvgIpc) is 2.42. The number of halogens is 1. The molecule has 1 aliphatic heterocycles. The van der Waals surface area contributed by atoms with Crippen LogP contribution in [0.25, 0.3) is 0 Å². The summed E-state index contributed by atoms with van der Waals surface area (Å²) in [6, 6.07) is 8.35. The number of rotatable bonds is 4. The van der Waals surface area contributed by atoms with Crippen LogP contribution in [0.15, 0.2) is 24.3 Å². The molecule has 2 aliphatic rings. The Labute approximate surface area is 127 Å². The van der Waals surface area contributed by atoms with Crippen LogP contribution in [0.2, 0.25) is 0 Å². The Bertz CT molecular complexity index is 473. The molecular weight excluding hydrogens is 265 g/mol. The molecule has 1 aliphatic carbocycles. The first-order valence-corrected chi connectivity index (χ1v) is 8.00. The van der Waals surface area contributed by atoms with Crippen LogP contribution in [0.4, 0.5) is 4.39 Å². The smallest absolute Gasteiger partial charge is 0.126 e. The van der Waals surface area contributed by atoms with E-state index in [1.807, 2.05) is 12.1 Å². The molecule has 0 radical (unpaired) electrons. The highest BCUT2D eigenvalue weighted by Crippen LogP contribution is 2.37. The summed E-state index contributed by atoms with van der Waals surface area (Å²) < 4.78 is 13.7. The van der Waals surface area contributed by atoms with Gasteiger partial charge < -0.3 is 10.2 Å². The second-order valence-electron chi connectivity index (χ2n) is 6.69. The predicted molar refractivity (Wildman–Crippen MR) is 84.1 cm³/mol. The van der Waals surface area contributed by atoms with Crippen molar-refractivity contribution in [2.75, 3.05) is 40.3 Å². The monoisotopic (exact) mass is 291 g/mol. The van der Waals surface area contributed by atoms with Crippen LogP contribution in [0.5, 0.6) is 0 Å². The minimum absolute atomic E-state index is 0.0467. The van der Waals surface area contributed by atoms with E-state index in [-0.39, 0.29) is 5.82 Å². The SMILES string of the molecule is CN1CCN(C)C(CNC2CC(c3ccccc3F)C2)C1. The molecule has 1 aromatic carbocycles. The summed E-state index contributed by atoms with van der Waals surface area (Å²) in [5.74, 6) is 0.352. The molecule has 0 bridgehead atoms. The summed E-state index contributed by atoms with van der Waals surface area (Å²) in [5.41, 5.74) is 0.894. The molecule has 1 atom stereocenters. The molecule has 2 fully saturated rings. The van der Waals surface area contributed by atoms with E-state index in [2.05, 4.69) is 29.2 Å². The van der Waals surface area contributed by atoms with Gasteiger partial charge in [0, 0.05) is 38.3 Å². The largest absolute Gasteiger partial charge is 0.312 e. The Morgan fingerprint density at radius 2 is 1.95 bits per heavy atom. The highest BCUT2D eigenvalue weighted by atomic mass is 19.1. The van der Waals surface area contributed by atoms with E-state index in [1.165, 1.54) is 0 Å². The lowest BCUT2D eigenvalue weighted by Gasteiger charge is -2.41. The Morgan fingerprint density at radius 3 is 2.71 bits per heavy atom. The minimum atomic E-state index is -0.0467. The summed E-state index contributed by atoms with van der Waals surface area (Å²) in [4.78, 5) is 4.84. The fraction of sp³-hybridized carbons (Fsp3) is 0.647. The molecule has 0 aromatic heterocycles. The number of hydrogen-bond donors (Lipinski definition) is 1. The molecule has 1 aromatic rings. The molecule has 1 N–H and O–H groups in total.